The Balaban J connectivity index is 1.92. The van der Waals surface area contributed by atoms with Crippen LogP contribution >= 0.6 is 0 Å². The fourth-order valence-electron chi connectivity index (χ4n) is 5.34. The van der Waals surface area contributed by atoms with E-state index in [1.807, 2.05) is 0 Å². The zero-order valence-electron chi connectivity index (χ0n) is 15.7. The molecule has 0 radical (unpaired) electrons. The van der Waals surface area contributed by atoms with Gasteiger partial charge >= 0.3 is 0 Å². The number of piperidine rings is 1. The number of hydrogen-bond acceptors (Lipinski definition) is 6. The molecule has 0 amide bonds. The molecule has 1 saturated carbocycles. The van der Waals surface area contributed by atoms with Gasteiger partial charge < -0.3 is 19.1 Å². The molecule has 3 aliphatic carbocycles. The number of hydrogen-bond donors (Lipinski definition) is 0. The first-order chi connectivity index (χ1) is 12.5. The van der Waals surface area contributed by atoms with Crippen LogP contribution in [0.15, 0.2) is 35.0 Å². The van der Waals surface area contributed by atoms with Crippen molar-refractivity contribution in [3.63, 3.8) is 0 Å². The minimum absolute atomic E-state index is 0.0307. The van der Waals surface area contributed by atoms with Crippen molar-refractivity contribution in [1.29, 1.82) is 0 Å². The summed E-state index contributed by atoms with van der Waals surface area (Å²) in [5.74, 6) is 0.848. The number of carbonyl (C=O) groups is 2. The van der Waals surface area contributed by atoms with Crippen LogP contribution in [-0.2, 0) is 23.8 Å². The topological polar surface area (TPSA) is 65.1 Å². The maximum Gasteiger partial charge on any atom is 0.205 e. The predicted octanol–water partition coefficient (Wildman–Crippen LogP) is 1.69. The molecule has 6 heteroatoms. The second kappa shape index (κ2) is 6.27. The number of rotatable bonds is 3. The molecule has 4 rings (SSSR count). The van der Waals surface area contributed by atoms with Gasteiger partial charge in [-0.3, -0.25) is 9.59 Å². The van der Waals surface area contributed by atoms with Gasteiger partial charge in [-0.15, -0.1) is 0 Å². The van der Waals surface area contributed by atoms with E-state index in [0.717, 1.165) is 18.5 Å². The Morgan fingerprint density at radius 2 is 1.81 bits per heavy atom. The molecule has 1 aliphatic heterocycles. The zero-order chi connectivity index (χ0) is 18.6. The third-order valence-electron chi connectivity index (χ3n) is 6.51. The van der Waals surface area contributed by atoms with E-state index < -0.39 is 5.92 Å². The van der Waals surface area contributed by atoms with Gasteiger partial charge in [0, 0.05) is 24.0 Å². The number of Topliss-reactive ketones (excluding diaryl/α,β-unsaturated/α-hetero) is 1. The lowest BCUT2D eigenvalue weighted by atomic mass is 9.57. The maximum absolute atomic E-state index is 13.1. The molecule has 2 fully saturated rings. The van der Waals surface area contributed by atoms with Gasteiger partial charge in [-0.1, -0.05) is 0 Å². The summed E-state index contributed by atoms with van der Waals surface area (Å²) < 4.78 is 16.5. The van der Waals surface area contributed by atoms with Crippen LogP contribution in [0.1, 0.15) is 12.8 Å². The molecule has 26 heavy (non-hydrogen) atoms. The Bertz CT molecular complexity index is 749. The lowest BCUT2D eigenvalue weighted by molar-refractivity contribution is -0.134. The first kappa shape index (κ1) is 17.3. The van der Waals surface area contributed by atoms with Crippen molar-refractivity contribution in [2.24, 2.45) is 23.7 Å². The summed E-state index contributed by atoms with van der Waals surface area (Å²) in [6.07, 6.45) is 5.19. The minimum atomic E-state index is -0.522. The van der Waals surface area contributed by atoms with Gasteiger partial charge in [0.15, 0.2) is 23.1 Å². The highest BCUT2D eigenvalue weighted by atomic mass is 16.5. The molecular weight excluding hydrogens is 334 g/mol. The molecule has 5 unspecified atom stereocenters. The first-order valence-corrected chi connectivity index (χ1v) is 9.10. The summed E-state index contributed by atoms with van der Waals surface area (Å²) >= 11 is 0. The number of methoxy groups -OCH3 is 3. The van der Waals surface area contributed by atoms with E-state index in [4.69, 9.17) is 14.2 Å². The summed E-state index contributed by atoms with van der Waals surface area (Å²) in [5, 5.41) is 0. The van der Waals surface area contributed by atoms with Crippen LogP contribution in [0.5, 0.6) is 0 Å². The van der Waals surface area contributed by atoms with Crippen LogP contribution in [0.3, 0.4) is 0 Å². The van der Waals surface area contributed by atoms with Gasteiger partial charge in [0.1, 0.15) is 0 Å². The lowest BCUT2D eigenvalue weighted by Gasteiger charge is -2.53. The summed E-state index contributed by atoms with van der Waals surface area (Å²) in [6.45, 7) is 0.966. The second-order valence-corrected chi connectivity index (χ2v) is 7.55. The van der Waals surface area contributed by atoms with Crippen LogP contribution in [0.2, 0.25) is 0 Å². The van der Waals surface area contributed by atoms with E-state index in [9.17, 15) is 9.59 Å². The summed E-state index contributed by atoms with van der Waals surface area (Å²) in [6, 6.07) is 0.221. The third kappa shape index (κ3) is 2.28. The quantitative estimate of drug-likeness (QED) is 0.764. The van der Waals surface area contributed by atoms with E-state index in [1.54, 1.807) is 14.2 Å². The third-order valence-corrected chi connectivity index (χ3v) is 6.51. The predicted molar refractivity (Wildman–Crippen MR) is 93.8 cm³/mol. The molecule has 140 valence electrons. The van der Waals surface area contributed by atoms with Gasteiger partial charge in [0.05, 0.1) is 27.2 Å². The highest BCUT2D eigenvalue weighted by molar-refractivity contribution is 6.11. The molecule has 4 aliphatic rings. The number of ether oxygens (including phenoxy) is 3. The van der Waals surface area contributed by atoms with Crippen molar-refractivity contribution in [1.82, 2.24) is 4.90 Å². The smallest absolute Gasteiger partial charge is 0.205 e. The second-order valence-electron chi connectivity index (χ2n) is 7.55. The van der Waals surface area contributed by atoms with Crippen molar-refractivity contribution in [2.45, 2.75) is 18.9 Å². The van der Waals surface area contributed by atoms with Gasteiger partial charge in [0.2, 0.25) is 5.78 Å². The fraction of sp³-hybridized carbons (Fsp3) is 0.600. The highest BCUT2D eigenvalue weighted by Crippen LogP contribution is 2.53. The summed E-state index contributed by atoms with van der Waals surface area (Å²) in [4.78, 5) is 28.3. The number of fused-ring (bicyclic) bond motifs is 2. The Hall–Kier alpha value is -2.08. The molecule has 0 bridgehead atoms. The lowest BCUT2D eigenvalue weighted by Crippen LogP contribution is -2.57. The number of nitrogens with zero attached hydrogens (tertiary/aromatic N) is 1. The van der Waals surface area contributed by atoms with E-state index in [-0.39, 0.29) is 35.2 Å². The molecule has 0 aromatic rings. The van der Waals surface area contributed by atoms with Crippen molar-refractivity contribution >= 4 is 11.6 Å². The molecule has 1 saturated heterocycles. The van der Waals surface area contributed by atoms with Crippen molar-refractivity contribution in [3.8, 4) is 0 Å². The molecule has 0 aromatic carbocycles. The van der Waals surface area contributed by atoms with E-state index in [0.29, 0.717) is 23.9 Å². The molecule has 5 atom stereocenters. The van der Waals surface area contributed by atoms with Gasteiger partial charge in [-0.2, -0.15) is 0 Å². The van der Waals surface area contributed by atoms with Crippen molar-refractivity contribution in [3.05, 3.63) is 35.0 Å². The number of likely N-dealkylation sites (tertiary alicyclic amines) is 1. The number of ketones is 2. The van der Waals surface area contributed by atoms with Crippen molar-refractivity contribution < 1.29 is 23.8 Å². The summed E-state index contributed by atoms with van der Waals surface area (Å²) in [7, 11) is 6.76. The first-order valence-electron chi connectivity index (χ1n) is 9.10. The molecule has 0 N–H and O–H groups in total. The average molecular weight is 359 g/mol. The Kier molecular flexibility index (Phi) is 4.18. The van der Waals surface area contributed by atoms with Crippen molar-refractivity contribution in [2.75, 3.05) is 34.9 Å². The normalized spacial score (nSPS) is 36.7. The van der Waals surface area contributed by atoms with Gasteiger partial charge in [-0.05, 0) is 44.0 Å². The molecule has 1 heterocycles. The molecular formula is C20H25NO5. The summed E-state index contributed by atoms with van der Waals surface area (Å²) in [5.41, 5.74) is 0.922. The van der Waals surface area contributed by atoms with E-state index >= 15 is 0 Å². The maximum atomic E-state index is 13.1. The highest BCUT2D eigenvalue weighted by Gasteiger charge is 2.56. The molecule has 6 nitrogen and oxygen atoms in total. The molecule has 0 spiro atoms. The minimum Gasteiger partial charge on any atom is -0.493 e. The Morgan fingerprint density at radius 1 is 1.08 bits per heavy atom. The van der Waals surface area contributed by atoms with Crippen LogP contribution < -0.4 is 0 Å². The van der Waals surface area contributed by atoms with Gasteiger partial charge in [-0.25, -0.2) is 0 Å². The zero-order valence-corrected chi connectivity index (χ0v) is 15.7. The van der Waals surface area contributed by atoms with Gasteiger partial charge in [0.25, 0.3) is 0 Å². The monoisotopic (exact) mass is 359 g/mol. The van der Waals surface area contributed by atoms with Crippen LogP contribution in [-0.4, -0.2) is 57.4 Å². The van der Waals surface area contributed by atoms with Crippen LogP contribution in [0.4, 0.5) is 0 Å². The molecule has 0 aromatic heterocycles. The average Bonchev–Trinajstić information content (AvgIpc) is 2.66. The standard InChI is InChI=1S/C20H25NO5/c1-21-6-5-10-7-15(25-3)20(26-4)18-16(10)12(21)8-11-13(22)9-14(24-2)19(23)17(11)18/h7,9-12,16-17H,5-6,8H2,1-4H3. The SMILES string of the molecule is COC1=CC(=O)C2CC3C4C(=C(OC)C(OC)=CC4CCN3C)C2C1=O. The Morgan fingerprint density at radius 3 is 2.46 bits per heavy atom. The van der Waals surface area contributed by atoms with E-state index in [1.165, 1.54) is 13.2 Å². The Labute approximate surface area is 153 Å². The van der Waals surface area contributed by atoms with E-state index in [2.05, 4.69) is 18.0 Å². The largest absolute Gasteiger partial charge is 0.493 e. The number of carbonyl (C=O) groups excluding carboxylic acids is 2. The number of allylic oxidation sites excluding steroid dienone is 3. The van der Waals surface area contributed by atoms with Crippen LogP contribution in [0.25, 0.3) is 0 Å². The van der Waals surface area contributed by atoms with Crippen LogP contribution in [0, 0.1) is 23.7 Å². The fourth-order valence-corrected chi connectivity index (χ4v) is 5.34.